The minimum atomic E-state index is 0.0960. The van der Waals surface area contributed by atoms with Crippen LogP contribution in [0.4, 0.5) is 5.69 Å². The second-order valence-corrected chi connectivity index (χ2v) is 4.85. The summed E-state index contributed by atoms with van der Waals surface area (Å²) in [7, 11) is 0. The van der Waals surface area contributed by atoms with Crippen LogP contribution in [0.25, 0.3) is 5.65 Å². The average molecular weight is 259 g/mol. The zero-order valence-corrected chi connectivity index (χ0v) is 11.6. The SMILES string of the molecule is CCCCCCC(=O)Nc1ccc2nccn2c1C. The molecule has 19 heavy (non-hydrogen) atoms. The summed E-state index contributed by atoms with van der Waals surface area (Å²) in [5.41, 5.74) is 2.78. The number of unbranched alkanes of at least 4 members (excludes halogenated alkanes) is 3. The molecule has 2 rings (SSSR count). The highest BCUT2D eigenvalue weighted by atomic mass is 16.1. The van der Waals surface area contributed by atoms with Crippen LogP contribution in [-0.2, 0) is 4.79 Å². The maximum absolute atomic E-state index is 11.9. The van der Waals surface area contributed by atoms with Crippen molar-refractivity contribution in [3.8, 4) is 0 Å². The molecule has 0 saturated carbocycles. The Kier molecular flexibility index (Phi) is 4.55. The van der Waals surface area contributed by atoms with Crippen LogP contribution in [0.3, 0.4) is 0 Å². The molecule has 1 N–H and O–H groups in total. The van der Waals surface area contributed by atoms with Gasteiger partial charge in [-0.15, -0.1) is 0 Å². The van der Waals surface area contributed by atoms with Crippen LogP contribution in [0.2, 0.25) is 0 Å². The van der Waals surface area contributed by atoms with Crippen LogP contribution in [0, 0.1) is 6.92 Å². The van der Waals surface area contributed by atoms with Gasteiger partial charge in [-0.25, -0.2) is 4.98 Å². The smallest absolute Gasteiger partial charge is 0.224 e. The summed E-state index contributed by atoms with van der Waals surface area (Å²) in [6.45, 7) is 4.16. The Hall–Kier alpha value is -1.84. The lowest BCUT2D eigenvalue weighted by Crippen LogP contribution is -2.13. The molecule has 4 heteroatoms. The molecule has 2 aromatic rings. The molecule has 102 valence electrons. The second kappa shape index (κ2) is 6.36. The average Bonchev–Trinajstić information content (AvgIpc) is 2.87. The number of nitrogens with zero attached hydrogens (tertiary/aromatic N) is 2. The number of amides is 1. The number of aromatic nitrogens is 2. The van der Waals surface area contributed by atoms with Crippen LogP contribution in [0.15, 0.2) is 24.5 Å². The third kappa shape index (κ3) is 3.34. The Bertz CT molecular complexity index is 560. The molecule has 1 amide bonds. The molecule has 4 nitrogen and oxygen atoms in total. The van der Waals surface area contributed by atoms with Crippen molar-refractivity contribution in [2.45, 2.75) is 46.0 Å². The summed E-state index contributed by atoms with van der Waals surface area (Å²) in [5.74, 6) is 0.0960. The number of rotatable bonds is 6. The first-order chi connectivity index (χ1) is 9.22. The molecule has 0 fully saturated rings. The molecule has 0 radical (unpaired) electrons. The van der Waals surface area contributed by atoms with E-state index in [2.05, 4.69) is 17.2 Å². The number of nitrogens with one attached hydrogen (secondary N) is 1. The van der Waals surface area contributed by atoms with Gasteiger partial charge in [-0.05, 0) is 25.5 Å². The van der Waals surface area contributed by atoms with Gasteiger partial charge in [0.25, 0.3) is 0 Å². The number of aryl methyl sites for hydroxylation is 1. The van der Waals surface area contributed by atoms with E-state index >= 15 is 0 Å². The molecule has 0 bridgehead atoms. The molecule has 0 spiro atoms. The van der Waals surface area contributed by atoms with Crippen molar-refractivity contribution >= 4 is 17.2 Å². The van der Waals surface area contributed by atoms with Crippen LogP contribution in [0.1, 0.15) is 44.7 Å². The zero-order valence-electron chi connectivity index (χ0n) is 11.6. The Labute approximate surface area is 113 Å². The van der Waals surface area contributed by atoms with E-state index < -0.39 is 0 Å². The number of hydrogen-bond acceptors (Lipinski definition) is 2. The highest BCUT2D eigenvalue weighted by Gasteiger charge is 2.07. The summed E-state index contributed by atoms with van der Waals surface area (Å²) in [6, 6.07) is 3.83. The van der Waals surface area contributed by atoms with Crippen LogP contribution in [-0.4, -0.2) is 15.3 Å². The third-order valence-corrected chi connectivity index (χ3v) is 3.35. The number of anilines is 1. The summed E-state index contributed by atoms with van der Waals surface area (Å²) in [4.78, 5) is 16.1. The minimum absolute atomic E-state index is 0.0960. The molecular formula is C15H21N3O. The van der Waals surface area contributed by atoms with E-state index in [1.165, 1.54) is 12.8 Å². The molecule has 0 aliphatic heterocycles. The Morgan fingerprint density at radius 2 is 2.16 bits per heavy atom. The van der Waals surface area contributed by atoms with Gasteiger partial charge in [0, 0.05) is 24.5 Å². The molecule has 0 unspecified atom stereocenters. The van der Waals surface area contributed by atoms with E-state index in [-0.39, 0.29) is 5.91 Å². The van der Waals surface area contributed by atoms with Crippen molar-refractivity contribution in [3.63, 3.8) is 0 Å². The second-order valence-electron chi connectivity index (χ2n) is 4.85. The first kappa shape index (κ1) is 13.6. The number of pyridine rings is 1. The first-order valence-electron chi connectivity index (χ1n) is 6.95. The molecule has 2 aromatic heterocycles. The normalized spacial score (nSPS) is 10.8. The predicted molar refractivity (Wildman–Crippen MR) is 77.3 cm³/mol. The Morgan fingerprint density at radius 3 is 2.95 bits per heavy atom. The third-order valence-electron chi connectivity index (χ3n) is 3.35. The Balaban J connectivity index is 1.97. The highest BCUT2D eigenvalue weighted by Crippen LogP contribution is 2.17. The van der Waals surface area contributed by atoms with Gasteiger partial charge < -0.3 is 9.72 Å². The zero-order chi connectivity index (χ0) is 13.7. The van der Waals surface area contributed by atoms with Crippen LogP contribution in [0.5, 0.6) is 0 Å². The van der Waals surface area contributed by atoms with Crippen molar-refractivity contribution in [2.75, 3.05) is 5.32 Å². The van der Waals surface area contributed by atoms with Gasteiger partial charge in [-0.2, -0.15) is 0 Å². The van der Waals surface area contributed by atoms with Crippen molar-refractivity contribution in [3.05, 3.63) is 30.2 Å². The summed E-state index contributed by atoms with van der Waals surface area (Å²) >= 11 is 0. The van der Waals surface area contributed by atoms with Crippen molar-refractivity contribution in [2.24, 2.45) is 0 Å². The van der Waals surface area contributed by atoms with E-state index in [0.717, 1.165) is 29.9 Å². The maximum Gasteiger partial charge on any atom is 0.224 e. The van der Waals surface area contributed by atoms with Gasteiger partial charge in [-0.3, -0.25) is 4.79 Å². The number of carbonyl (C=O) groups is 1. The molecule has 0 aliphatic carbocycles. The maximum atomic E-state index is 11.9. The van der Waals surface area contributed by atoms with Gasteiger partial charge >= 0.3 is 0 Å². The van der Waals surface area contributed by atoms with E-state index in [1.807, 2.05) is 29.7 Å². The van der Waals surface area contributed by atoms with Gasteiger partial charge in [-0.1, -0.05) is 26.2 Å². The van der Waals surface area contributed by atoms with Gasteiger partial charge in [0.1, 0.15) is 5.65 Å². The summed E-state index contributed by atoms with van der Waals surface area (Å²) < 4.78 is 1.98. The first-order valence-corrected chi connectivity index (χ1v) is 6.95. The fourth-order valence-corrected chi connectivity index (χ4v) is 2.19. The molecule has 0 aliphatic rings. The van der Waals surface area contributed by atoms with Crippen molar-refractivity contribution in [1.29, 1.82) is 0 Å². The summed E-state index contributed by atoms with van der Waals surface area (Å²) in [5, 5.41) is 2.98. The topological polar surface area (TPSA) is 46.4 Å². The quantitative estimate of drug-likeness (QED) is 0.806. The highest BCUT2D eigenvalue weighted by molar-refractivity contribution is 5.91. The van der Waals surface area contributed by atoms with Crippen molar-refractivity contribution in [1.82, 2.24) is 9.38 Å². The fraction of sp³-hybridized carbons (Fsp3) is 0.467. The number of imidazole rings is 1. The lowest BCUT2D eigenvalue weighted by atomic mass is 10.1. The van der Waals surface area contributed by atoms with Crippen molar-refractivity contribution < 1.29 is 4.79 Å². The lowest BCUT2D eigenvalue weighted by molar-refractivity contribution is -0.116. The van der Waals surface area contributed by atoms with Gasteiger partial charge in [0.15, 0.2) is 0 Å². The van der Waals surface area contributed by atoms with Gasteiger partial charge in [0.05, 0.1) is 5.69 Å². The molecule has 2 heterocycles. The molecule has 0 aromatic carbocycles. The fourth-order valence-electron chi connectivity index (χ4n) is 2.19. The predicted octanol–water partition coefficient (Wildman–Crippen LogP) is 3.55. The van der Waals surface area contributed by atoms with E-state index in [1.54, 1.807) is 6.20 Å². The standard InChI is InChI=1S/C15H21N3O/c1-3-4-5-6-7-15(19)17-13-8-9-14-16-10-11-18(14)12(13)2/h8-11H,3-7H2,1-2H3,(H,17,19). The summed E-state index contributed by atoms with van der Waals surface area (Å²) in [6.07, 6.45) is 8.75. The lowest BCUT2D eigenvalue weighted by Gasteiger charge is -2.10. The van der Waals surface area contributed by atoms with E-state index in [4.69, 9.17) is 0 Å². The number of carbonyl (C=O) groups excluding carboxylic acids is 1. The molecule has 0 saturated heterocycles. The van der Waals surface area contributed by atoms with E-state index in [9.17, 15) is 4.79 Å². The van der Waals surface area contributed by atoms with Crippen LogP contribution >= 0.6 is 0 Å². The molecular weight excluding hydrogens is 238 g/mol. The number of hydrogen-bond donors (Lipinski definition) is 1. The molecule has 0 atom stereocenters. The van der Waals surface area contributed by atoms with Gasteiger partial charge in [0.2, 0.25) is 5.91 Å². The monoisotopic (exact) mass is 259 g/mol. The largest absolute Gasteiger partial charge is 0.325 e. The van der Waals surface area contributed by atoms with E-state index in [0.29, 0.717) is 6.42 Å². The Morgan fingerprint density at radius 1 is 1.32 bits per heavy atom. The number of fused-ring (bicyclic) bond motifs is 1. The minimum Gasteiger partial charge on any atom is -0.325 e. The van der Waals surface area contributed by atoms with Crippen LogP contribution < -0.4 is 5.32 Å².